The summed E-state index contributed by atoms with van der Waals surface area (Å²) in [5.74, 6) is 0.146. The van der Waals surface area contributed by atoms with Gasteiger partial charge < -0.3 is 15.3 Å². The van der Waals surface area contributed by atoms with Gasteiger partial charge in [-0.1, -0.05) is 17.7 Å². The monoisotopic (exact) mass is 254 g/mol. The molecule has 0 amide bonds. The number of aromatic hydroxyl groups is 1. The Morgan fingerprint density at radius 1 is 1.53 bits per heavy atom. The second-order valence-corrected chi connectivity index (χ2v) is 5.18. The Bertz CT molecular complexity index is 384. The first-order valence-corrected chi connectivity index (χ1v) is 6.42. The van der Waals surface area contributed by atoms with Gasteiger partial charge in [-0.3, -0.25) is 0 Å². The summed E-state index contributed by atoms with van der Waals surface area (Å²) in [5.41, 5.74) is 1.11. The lowest BCUT2D eigenvalue weighted by Crippen LogP contribution is -2.43. The van der Waals surface area contributed by atoms with Crippen LogP contribution in [0.5, 0.6) is 5.75 Å². The maximum atomic E-state index is 9.34. The molecule has 1 fully saturated rings. The average Bonchev–Trinajstić information content (AvgIpc) is 2.31. The zero-order valence-corrected chi connectivity index (χ0v) is 10.9. The molecule has 17 heavy (non-hydrogen) atoms. The van der Waals surface area contributed by atoms with Crippen LogP contribution in [-0.4, -0.2) is 36.2 Å². The summed E-state index contributed by atoms with van der Waals surface area (Å²) in [6, 6.07) is 5.92. The second kappa shape index (κ2) is 5.71. The maximum Gasteiger partial charge on any atom is 0.134 e. The highest BCUT2D eigenvalue weighted by molar-refractivity contribution is 6.32. The van der Waals surface area contributed by atoms with E-state index in [1.54, 1.807) is 6.07 Å². The number of nitrogens with one attached hydrogen (secondary N) is 1. The summed E-state index contributed by atoms with van der Waals surface area (Å²) >= 11 is 5.87. The molecule has 1 aromatic rings. The van der Waals surface area contributed by atoms with Crippen LogP contribution in [0.2, 0.25) is 5.02 Å². The number of phenols is 1. The molecule has 2 N–H and O–H groups in total. The van der Waals surface area contributed by atoms with Gasteiger partial charge in [0, 0.05) is 19.1 Å². The van der Waals surface area contributed by atoms with Crippen LogP contribution in [0.25, 0.3) is 0 Å². The van der Waals surface area contributed by atoms with Crippen LogP contribution in [0.15, 0.2) is 18.2 Å². The predicted molar refractivity (Wildman–Crippen MR) is 70.5 cm³/mol. The van der Waals surface area contributed by atoms with Crippen molar-refractivity contribution in [3.63, 3.8) is 0 Å². The molecule has 2 rings (SSSR count). The zero-order chi connectivity index (χ0) is 12.3. The molecule has 0 bridgehead atoms. The lowest BCUT2D eigenvalue weighted by Gasteiger charge is -2.30. The van der Waals surface area contributed by atoms with Gasteiger partial charge in [-0.05, 0) is 44.1 Å². The van der Waals surface area contributed by atoms with Crippen molar-refractivity contribution in [3.05, 3.63) is 28.8 Å². The summed E-state index contributed by atoms with van der Waals surface area (Å²) in [6.45, 7) is 3.10. The van der Waals surface area contributed by atoms with Crippen LogP contribution in [0.4, 0.5) is 0 Å². The van der Waals surface area contributed by atoms with Crippen LogP contribution < -0.4 is 5.32 Å². The predicted octanol–water partition coefficient (Wildman–Crippen LogP) is 2.23. The second-order valence-electron chi connectivity index (χ2n) is 4.77. The van der Waals surface area contributed by atoms with Crippen molar-refractivity contribution in [2.24, 2.45) is 0 Å². The third-order valence-electron chi connectivity index (χ3n) is 3.23. The number of benzene rings is 1. The standard InChI is InChI=1S/C13H19ClN2O/c1-16-6-2-3-11(9-16)15-8-10-4-5-13(17)12(14)7-10/h4-5,7,11,15,17H,2-3,6,8-9H2,1H3. The minimum Gasteiger partial charge on any atom is -0.506 e. The van der Waals surface area contributed by atoms with Crippen LogP contribution in [0, 0.1) is 0 Å². The summed E-state index contributed by atoms with van der Waals surface area (Å²) in [4.78, 5) is 2.35. The minimum absolute atomic E-state index is 0.146. The van der Waals surface area contributed by atoms with E-state index in [1.807, 2.05) is 12.1 Å². The van der Waals surface area contributed by atoms with Gasteiger partial charge in [0.1, 0.15) is 5.75 Å². The number of phenolic OH excluding ortho intramolecular Hbond substituents is 1. The van der Waals surface area contributed by atoms with E-state index in [0.29, 0.717) is 11.1 Å². The van der Waals surface area contributed by atoms with Crippen molar-refractivity contribution in [1.29, 1.82) is 0 Å². The van der Waals surface area contributed by atoms with E-state index in [9.17, 15) is 5.11 Å². The Kier molecular flexibility index (Phi) is 4.26. The first kappa shape index (κ1) is 12.7. The van der Waals surface area contributed by atoms with Gasteiger partial charge in [0.15, 0.2) is 0 Å². The molecule has 0 radical (unpaired) electrons. The summed E-state index contributed by atoms with van der Waals surface area (Å²) < 4.78 is 0. The normalized spacial score (nSPS) is 21.6. The molecule has 1 aliphatic rings. The summed E-state index contributed by atoms with van der Waals surface area (Å²) in [6.07, 6.45) is 2.49. The van der Waals surface area contributed by atoms with E-state index >= 15 is 0 Å². The zero-order valence-electron chi connectivity index (χ0n) is 10.1. The van der Waals surface area contributed by atoms with Gasteiger partial charge in [-0.25, -0.2) is 0 Å². The molecule has 0 aromatic heterocycles. The van der Waals surface area contributed by atoms with Crippen molar-refractivity contribution < 1.29 is 5.11 Å². The van der Waals surface area contributed by atoms with E-state index in [2.05, 4.69) is 17.3 Å². The smallest absolute Gasteiger partial charge is 0.134 e. The van der Waals surface area contributed by atoms with E-state index in [1.165, 1.54) is 19.4 Å². The van der Waals surface area contributed by atoms with Crippen molar-refractivity contribution >= 4 is 11.6 Å². The Balaban J connectivity index is 1.86. The van der Waals surface area contributed by atoms with Crippen molar-refractivity contribution in [2.45, 2.75) is 25.4 Å². The third kappa shape index (κ3) is 3.60. The maximum absolute atomic E-state index is 9.34. The first-order chi connectivity index (χ1) is 8.15. The van der Waals surface area contributed by atoms with Crippen molar-refractivity contribution in [3.8, 4) is 5.75 Å². The molecule has 1 saturated heterocycles. The Morgan fingerprint density at radius 2 is 2.35 bits per heavy atom. The quantitative estimate of drug-likeness (QED) is 0.868. The molecule has 1 heterocycles. The molecule has 0 saturated carbocycles. The number of hydrogen-bond donors (Lipinski definition) is 2. The number of likely N-dealkylation sites (tertiary alicyclic amines) is 1. The fourth-order valence-electron chi connectivity index (χ4n) is 2.26. The van der Waals surface area contributed by atoms with Crippen LogP contribution in [-0.2, 0) is 6.54 Å². The van der Waals surface area contributed by atoms with E-state index in [-0.39, 0.29) is 5.75 Å². The lowest BCUT2D eigenvalue weighted by atomic mass is 10.1. The van der Waals surface area contributed by atoms with Crippen LogP contribution >= 0.6 is 11.6 Å². The minimum atomic E-state index is 0.146. The summed E-state index contributed by atoms with van der Waals surface area (Å²) in [5, 5.41) is 13.3. The molecule has 1 unspecified atom stereocenters. The Hall–Kier alpha value is -0.770. The molecule has 1 aromatic carbocycles. The molecular weight excluding hydrogens is 236 g/mol. The van der Waals surface area contributed by atoms with Crippen molar-refractivity contribution in [1.82, 2.24) is 10.2 Å². The van der Waals surface area contributed by atoms with Crippen molar-refractivity contribution in [2.75, 3.05) is 20.1 Å². The fourth-order valence-corrected chi connectivity index (χ4v) is 2.46. The Labute approximate surface area is 107 Å². The van der Waals surface area contributed by atoms with Gasteiger partial charge in [0.05, 0.1) is 5.02 Å². The number of piperidine rings is 1. The summed E-state index contributed by atoms with van der Waals surface area (Å²) in [7, 11) is 2.16. The molecule has 0 spiro atoms. The molecule has 0 aliphatic carbocycles. The van der Waals surface area contributed by atoms with Gasteiger partial charge >= 0.3 is 0 Å². The highest BCUT2D eigenvalue weighted by atomic mass is 35.5. The van der Waals surface area contributed by atoms with Gasteiger partial charge in [0.2, 0.25) is 0 Å². The van der Waals surface area contributed by atoms with Gasteiger partial charge in [-0.2, -0.15) is 0 Å². The van der Waals surface area contributed by atoms with Gasteiger partial charge in [-0.15, -0.1) is 0 Å². The van der Waals surface area contributed by atoms with Crippen LogP contribution in [0.3, 0.4) is 0 Å². The highest BCUT2D eigenvalue weighted by Crippen LogP contribution is 2.23. The third-order valence-corrected chi connectivity index (χ3v) is 3.53. The lowest BCUT2D eigenvalue weighted by molar-refractivity contribution is 0.226. The molecule has 3 nitrogen and oxygen atoms in total. The molecule has 94 valence electrons. The highest BCUT2D eigenvalue weighted by Gasteiger charge is 2.16. The largest absolute Gasteiger partial charge is 0.506 e. The number of halogens is 1. The SMILES string of the molecule is CN1CCCC(NCc2ccc(O)c(Cl)c2)C1. The number of hydrogen-bond acceptors (Lipinski definition) is 3. The Morgan fingerprint density at radius 3 is 3.06 bits per heavy atom. The first-order valence-electron chi connectivity index (χ1n) is 6.04. The number of rotatable bonds is 3. The topological polar surface area (TPSA) is 35.5 Å². The van der Waals surface area contributed by atoms with Crippen LogP contribution in [0.1, 0.15) is 18.4 Å². The molecular formula is C13H19ClN2O. The number of nitrogens with zero attached hydrogens (tertiary/aromatic N) is 1. The number of likely N-dealkylation sites (N-methyl/N-ethyl adjacent to an activating group) is 1. The van der Waals surface area contributed by atoms with E-state index in [4.69, 9.17) is 11.6 Å². The van der Waals surface area contributed by atoms with Gasteiger partial charge in [0.25, 0.3) is 0 Å². The molecule has 1 atom stereocenters. The molecule has 4 heteroatoms. The average molecular weight is 255 g/mol. The molecule has 1 aliphatic heterocycles. The van der Waals surface area contributed by atoms with E-state index in [0.717, 1.165) is 18.7 Å². The van der Waals surface area contributed by atoms with E-state index < -0.39 is 0 Å². The fraction of sp³-hybridized carbons (Fsp3) is 0.538.